The molecule has 0 unspecified atom stereocenters. The smallest absolute Gasteiger partial charge is 0.338 e. The summed E-state index contributed by atoms with van der Waals surface area (Å²) >= 11 is 5.97. The van der Waals surface area contributed by atoms with E-state index in [0.29, 0.717) is 27.9 Å². The zero-order chi connectivity index (χ0) is 25.6. The van der Waals surface area contributed by atoms with Gasteiger partial charge in [0.05, 0.1) is 36.1 Å². The number of nitrogens with zero attached hydrogens (tertiary/aromatic N) is 1. The fourth-order valence-electron chi connectivity index (χ4n) is 3.05. The summed E-state index contributed by atoms with van der Waals surface area (Å²) in [5.41, 5.74) is 0.697. The Balaban J connectivity index is 1.68. The molecule has 0 aromatic heterocycles. The number of rotatable bonds is 9. The largest absolute Gasteiger partial charge is 0.497 e. The predicted molar refractivity (Wildman–Crippen MR) is 132 cm³/mol. The molecule has 0 bridgehead atoms. The summed E-state index contributed by atoms with van der Waals surface area (Å²) in [5, 5.41) is 2.96. The Labute approximate surface area is 208 Å². The molecule has 184 valence electrons. The standard InChI is InChI=1S/C24H23ClN2O7S/c1-27(18-8-5-7-17(25)13-18)35(30,31)20-9-4-6-16(12-20)24(29)34-15-23(28)26-21-11-10-19(32-2)14-22(21)33-3/h4-14H,15H2,1-3H3,(H,26,28). The monoisotopic (exact) mass is 518 g/mol. The third kappa shape index (κ3) is 6.23. The van der Waals surface area contributed by atoms with E-state index in [4.69, 9.17) is 25.8 Å². The molecule has 3 rings (SSSR count). The van der Waals surface area contributed by atoms with Crippen molar-refractivity contribution in [1.29, 1.82) is 0 Å². The van der Waals surface area contributed by atoms with Gasteiger partial charge in [-0.05, 0) is 48.5 Å². The number of benzene rings is 3. The molecule has 0 aliphatic rings. The zero-order valence-electron chi connectivity index (χ0n) is 19.1. The Morgan fingerprint density at radius 3 is 2.40 bits per heavy atom. The summed E-state index contributed by atoms with van der Waals surface area (Å²) in [6.45, 7) is -0.590. The fraction of sp³-hybridized carbons (Fsp3) is 0.167. The van der Waals surface area contributed by atoms with Crippen molar-refractivity contribution in [2.45, 2.75) is 4.90 Å². The van der Waals surface area contributed by atoms with E-state index in [1.807, 2.05) is 0 Å². The zero-order valence-corrected chi connectivity index (χ0v) is 20.7. The number of anilines is 2. The molecule has 1 N–H and O–H groups in total. The second-order valence-corrected chi connectivity index (χ2v) is 9.58. The Morgan fingerprint density at radius 1 is 0.971 bits per heavy atom. The number of carbonyl (C=O) groups excluding carboxylic acids is 2. The molecular formula is C24H23ClN2O7S. The van der Waals surface area contributed by atoms with Crippen molar-refractivity contribution in [2.24, 2.45) is 0 Å². The Morgan fingerprint density at radius 2 is 1.71 bits per heavy atom. The van der Waals surface area contributed by atoms with Gasteiger partial charge in [-0.15, -0.1) is 0 Å². The molecule has 9 nitrogen and oxygen atoms in total. The van der Waals surface area contributed by atoms with Gasteiger partial charge in [0.1, 0.15) is 11.5 Å². The highest BCUT2D eigenvalue weighted by molar-refractivity contribution is 7.92. The summed E-state index contributed by atoms with van der Waals surface area (Å²) in [5.74, 6) is -0.552. The number of esters is 1. The molecule has 11 heteroatoms. The van der Waals surface area contributed by atoms with Gasteiger partial charge in [-0.1, -0.05) is 23.7 Å². The third-order valence-corrected chi connectivity index (χ3v) is 6.93. The molecule has 35 heavy (non-hydrogen) atoms. The molecule has 0 saturated heterocycles. The van der Waals surface area contributed by atoms with Gasteiger partial charge in [0.25, 0.3) is 15.9 Å². The van der Waals surface area contributed by atoms with Crippen molar-refractivity contribution in [2.75, 3.05) is 37.5 Å². The van der Waals surface area contributed by atoms with Crippen LogP contribution in [0.5, 0.6) is 11.5 Å². The van der Waals surface area contributed by atoms with E-state index in [9.17, 15) is 18.0 Å². The van der Waals surface area contributed by atoms with E-state index in [-0.39, 0.29) is 10.5 Å². The first-order valence-corrected chi connectivity index (χ1v) is 12.0. The highest BCUT2D eigenvalue weighted by atomic mass is 35.5. The number of carbonyl (C=O) groups is 2. The Hall–Kier alpha value is -3.76. The second kappa shape index (κ2) is 11.1. The maximum atomic E-state index is 13.0. The fourth-order valence-corrected chi connectivity index (χ4v) is 4.47. The third-order valence-electron chi connectivity index (χ3n) is 4.92. The summed E-state index contributed by atoms with van der Waals surface area (Å²) in [6.07, 6.45) is 0. The van der Waals surface area contributed by atoms with E-state index in [1.165, 1.54) is 51.6 Å². The maximum absolute atomic E-state index is 13.0. The van der Waals surface area contributed by atoms with Gasteiger partial charge in [-0.3, -0.25) is 9.10 Å². The van der Waals surface area contributed by atoms with Crippen molar-refractivity contribution in [3.8, 4) is 11.5 Å². The van der Waals surface area contributed by atoms with Gasteiger partial charge in [-0.25, -0.2) is 13.2 Å². The normalized spacial score (nSPS) is 10.9. The van der Waals surface area contributed by atoms with Crippen LogP contribution in [0.1, 0.15) is 10.4 Å². The molecule has 0 heterocycles. The first-order chi connectivity index (χ1) is 16.6. The Kier molecular flexibility index (Phi) is 8.21. The van der Waals surface area contributed by atoms with Gasteiger partial charge in [0, 0.05) is 18.1 Å². The molecule has 0 aliphatic carbocycles. The van der Waals surface area contributed by atoms with Crippen LogP contribution in [-0.4, -0.2) is 48.2 Å². The van der Waals surface area contributed by atoms with E-state index < -0.39 is 28.5 Å². The highest BCUT2D eigenvalue weighted by Crippen LogP contribution is 2.29. The van der Waals surface area contributed by atoms with Crippen molar-refractivity contribution in [3.05, 3.63) is 77.3 Å². The SMILES string of the molecule is COc1ccc(NC(=O)COC(=O)c2cccc(S(=O)(=O)N(C)c3cccc(Cl)c3)c2)c(OC)c1. The van der Waals surface area contributed by atoms with Crippen molar-refractivity contribution in [1.82, 2.24) is 0 Å². The van der Waals surface area contributed by atoms with E-state index >= 15 is 0 Å². The molecule has 3 aromatic carbocycles. The van der Waals surface area contributed by atoms with Crippen LogP contribution in [0.2, 0.25) is 5.02 Å². The highest BCUT2D eigenvalue weighted by Gasteiger charge is 2.23. The maximum Gasteiger partial charge on any atom is 0.338 e. The molecule has 3 aromatic rings. The van der Waals surface area contributed by atoms with Crippen LogP contribution in [-0.2, 0) is 19.6 Å². The van der Waals surface area contributed by atoms with Crippen LogP contribution < -0.4 is 19.1 Å². The van der Waals surface area contributed by atoms with Crippen LogP contribution in [0.4, 0.5) is 11.4 Å². The summed E-state index contributed by atoms with van der Waals surface area (Å²) in [7, 11) is 0.334. The number of methoxy groups -OCH3 is 2. The second-order valence-electron chi connectivity index (χ2n) is 7.17. The Bertz CT molecular complexity index is 1350. The molecule has 1 amide bonds. The van der Waals surface area contributed by atoms with E-state index in [2.05, 4.69) is 5.32 Å². The van der Waals surface area contributed by atoms with E-state index in [1.54, 1.807) is 36.4 Å². The first-order valence-electron chi connectivity index (χ1n) is 10.2. The molecule has 0 radical (unpaired) electrons. The number of amides is 1. The lowest BCUT2D eigenvalue weighted by Gasteiger charge is -2.20. The van der Waals surface area contributed by atoms with Gasteiger partial charge in [-0.2, -0.15) is 0 Å². The van der Waals surface area contributed by atoms with E-state index in [0.717, 1.165) is 4.31 Å². The predicted octanol–water partition coefficient (Wildman–Crippen LogP) is 3.98. The molecule has 0 aliphatic heterocycles. The lowest BCUT2D eigenvalue weighted by molar-refractivity contribution is -0.119. The average molecular weight is 519 g/mol. The van der Waals surface area contributed by atoms with Crippen LogP contribution in [0.25, 0.3) is 0 Å². The van der Waals surface area contributed by atoms with Crippen LogP contribution in [0, 0.1) is 0 Å². The molecule has 0 spiro atoms. The van der Waals surface area contributed by atoms with Crippen LogP contribution >= 0.6 is 11.6 Å². The van der Waals surface area contributed by atoms with Crippen LogP contribution in [0.3, 0.4) is 0 Å². The number of hydrogen-bond donors (Lipinski definition) is 1. The van der Waals surface area contributed by atoms with Gasteiger partial charge < -0.3 is 19.5 Å². The molecule has 0 fully saturated rings. The minimum Gasteiger partial charge on any atom is -0.497 e. The summed E-state index contributed by atoms with van der Waals surface area (Å²) in [4.78, 5) is 24.7. The van der Waals surface area contributed by atoms with Crippen LogP contribution in [0.15, 0.2) is 71.6 Å². The number of ether oxygens (including phenoxy) is 3. The summed E-state index contributed by atoms with van der Waals surface area (Å²) in [6, 6.07) is 16.5. The van der Waals surface area contributed by atoms with Gasteiger partial charge in [0.15, 0.2) is 6.61 Å². The quantitative estimate of drug-likeness (QED) is 0.426. The minimum atomic E-state index is -3.99. The lowest BCUT2D eigenvalue weighted by Crippen LogP contribution is -2.27. The minimum absolute atomic E-state index is 0.0274. The number of hydrogen-bond acceptors (Lipinski definition) is 7. The molecule has 0 atom stereocenters. The number of halogens is 1. The topological polar surface area (TPSA) is 111 Å². The van der Waals surface area contributed by atoms with Gasteiger partial charge >= 0.3 is 5.97 Å². The molecule has 0 saturated carbocycles. The van der Waals surface area contributed by atoms with Crippen molar-refractivity contribution in [3.63, 3.8) is 0 Å². The van der Waals surface area contributed by atoms with Gasteiger partial charge in [0.2, 0.25) is 0 Å². The number of nitrogens with one attached hydrogen (secondary N) is 1. The average Bonchev–Trinajstić information content (AvgIpc) is 2.87. The summed E-state index contributed by atoms with van der Waals surface area (Å²) < 4.78 is 42.5. The van der Waals surface area contributed by atoms with Crippen molar-refractivity contribution < 1.29 is 32.2 Å². The molecular weight excluding hydrogens is 496 g/mol. The first kappa shape index (κ1) is 25.9. The van der Waals surface area contributed by atoms with Crippen molar-refractivity contribution >= 4 is 44.9 Å². The number of sulfonamides is 1. The lowest BCUT2D eigenvalue weighted by atomic mass is 10.2.